The number of hydrogen-bond acceptors (Lipinski definition) is 5. The summed E-state index contributed by atoms with van der Waals surface area (Å²) in [4.78, 5) is 0. The molecule has 0 saturated heterocycles. The zero-order valence-electron chi connectivity index (χ0n) is 10.7. The third kappa shape index (κ3) is 1.78. The number of rotatable bonds is 1. The van der Waals surface area contributed by atoms with Crippen LogP contribution < -0.4 is 5.32 Å². The van der Waals surface area contributed by atoms with Gasteiger partial charge in [0, 0.05) is 21.3 Å². The lowest BCUT2D eigenvalue weighted by molar-refractivity contribution is 0.0208. The maximum absolute atomic E-state index is 11.1. The Kier molecular flexibility index (Phi) is 2.60. The van der Waals surface area contributed by atoms with Gasteiger partial charge in [-0.25, -0.2) is 0 Å². The van der Waals surface area contributed by atoms with Crippen LogP contribution in [-0.4, -0.2) is 25.3 Å². The predicted molar refractivity (Wildman–Crippen MR) is 80.3 cm³/mol. The highest BCUT2D eigenvalue weighted by Gasteiger charge is 2.40. The lowest BCUT2D eigenvalue weighted by Gasteiger charge is -2.35. The van der Waals surface area contributed by atoms with Crippen molar-refractivity contribution in [3.8, 4) is 11.4 Å². The summed E-state index contributed by atoms with van der Waals surface area (Å²) in [6.45, 7) is 0. The zero-order valence-corrected chi connectivity index (χ0v) is 12.3. The molecule has 0 bridgehead atoms. The van der Waals surface area contributed by atoms with Gasteiger partial charge in [-0.2, -0.15) is 4.68 Å². The van der Waals surface area contributed by atoms with Crippen LogP contribution in [0.25, 0.3) is 11.4 Å². The van der Waals surface area contributed by atoms with Crippen molar-refractivity contribution >= 4 is 21.6 Å². The fraction of sp³-hybridized carbons (Fsp3) is 0.0714. The highest BCUT2D eigenvalue weighted by Crippen LogP contribution is 2.39. The number of anilines is 1. The lowest BCUT2D eigenvalue weighted by Crippen LogP contribution is -2.46. The van der Waals surface area contributed by atoms with Crippen molar-refractivity contribution in [2.24, 2.45) is 0 Å². The van der Waals surface area contributed by atoms with E-state index in [0.29, 0.717) is 11.4 Å². The number of nitrogens with one attached hydrogen (secondary N) is 1. The summed E-state index contributed by atoms with van der Waals surface area (Å²) in [6, 6.07) is 14.9. The number of halogens is 1. The Morgan fingerprint density at radius 1 is 1.14 bits per heavy atom. The molecule has 0 radical (unpaired) electrons. The molecule has 1 aliphatic heterocycles. The summed E-state index contributed by atoms with van der Waals surface area (Å²) >= 11 is 3.44. The van der Waals surface area contributed by atoms with Crippen molar-refractivity contribution in [2.75, 3.05) is 5.32 Å². The average molecular weight is 344 g/mol. The van der Waals surface area contributed by atoms with Crippen molar-refractivity contribution in [2.45, 2.75) is 5.85 Å². The first kappa shape index (κ1) is 12.5. The summed E-state index contributed by atoms with van der Waals surface area (Å²) in [5, 5.41) is 25.9. The first-order valence-electron chi connectivity index (χ1n) is 6.33. The van der Waals surface area contributed by atoms with Gasteiger partial charge in [0.25, 0.3) is 5.85 Å². The molecule has 2 N–H and O–H groups in total. The first-order valence-corrected chi connectivity index (χ1v) is 7.13. The fourth-order valence-electron chi connectivity index (χ4n) is 2.49. The summed E-state index contributed by atoms with van der Waals surface area (Å²) in [5.74, 6) is -1.00. The van der Waals surface area contributed by atoms with Crippen LogP contribution in [0.15, 0.2) is 53.0 Å². The van der Waals surface area contributed by atoms with Crippen LogP contribution in [0.4, 0.5) is 5.69 Å². The Hall–Kier alpha value is -2.25. The molecule has 1 atom stereocenters. The normalized spacial score (nSPS) is 19.5. The Labute approximate surface area is 128 Å². The Bertz CT molecular complexity index is 819. The second-order valence-corrected chi connectivity index (χ2v) is 5.68. The Morgan fingerprint density at radius 3 is 2.76 bits per heavy atom. The molecule has 1 aromatic heterocycles. The van der Waals surface area contributed by atoms with E-state index in [4.69, 9.17) is 0 Å². The molecule has 0 spiro atoms. The highest BCUT2D eigenvalue weighted by molar-refractivity contribution is 9.10. The van der Waals surface area contributed by atoms with Crippen molar-refractivity contribution in [1.29, 1.82) is 0 Å². The van der Waals surface area contributed by atoms with Crippen LogP contribution >= 0.6 is 15.9 Å². The van der Waals surface area contributed by atoms with Gasteiger partial charge in [0.15, 0.2) is 5.82 Å². The number of aromatic nitrogens is 4. The topological polar surface area (TPSA) is 75.9 Å². The van der Waals surface area contributed by atoms with Gasteiger partial charge < -0.3 is 10.4 Å². The fourth-order valence-corrected chi connectivity index (χ4v) is 2.85. The molecular weight excluding hydrogens is 334 g/mol. The average Bonchev–Trinajstić information content (AvgIpc) is 3.00. The minimum absolute atomic E-state index is 0.511. The van der Waals surface area contributed by atoms with Crippen LogP contribution in [0.5, 0.6) is 0 Å². The van der Waals surface area contributed by atoms with Crippen LogP contribution in [0, 0.1) is 0 Å². The predicted octanol–water partition coefficient (Wildman–Crippen LogP) is 2.18. The molecule has 1 aliphatic rings. The second-order valence-electron chi connectivity index (χ2n) is 4.77. The van der Waals surface area contributed by atoms with E-state index in [2.05, 4.69) is 36.8 Å². The van der Waals surface area contributed by atoms with Gasteiger partial charge in [-0.3, -0.25) is 0 Å². The molecule has 0 amide bonds. The zero-order chi connectivity index (χ0) is 14.4. The van der Waals surface area contributed by atoms with Gasteiger partial charge in [-0.1, -0.05) is 46.3 Å². The Balaban J connectivity index is 1.97. The van der Waals surface area contributed by atoms with Crippen molar-refractivity contribution in [3.05, 3.63) is 58.6 Å². The van der Waals surface area contributed by atoms with Crippen LogP contribution in [0.3, 0.4) is 0 Å². The van der Waals surface area contributed by atoms with Gasteiger partial charge in [-0.15, -0.1) is 5.10 Å². The second kappa shape index (κ2) is 4.37. The molecule has 1 unspecified atom stereocenters. The Morgan fingerprint density at radius 2 is 1.95 bits per heavy atom. The molecule has 0 saturated carbocycles. The van der Waals surface area contributed by atoms with E-state index < -0.39 is 5.85 Å². The SMILES string of the molecule is OC1(c2ccccc2)Nc2ccc(Br)cc2-c2nnnn21. The van der Waals surface area contributed by atoms with E-state index >= 15 is 0 Å². The third-order valence-electron chi connectivity index (χ3n) is 3.48. The van der Waals surface area contributed by atoms with Gasteiger partial charge in [0.05, 0.1) is 0 Å². The molecule has 2 heterocycles. The number of tetrazole rings is 1. The van der Waals surface area contributed by atoms with Crippen LogP contribution in [0.1, 0.15) is 5.56 Å². The van der Waals surface area contributed by atoms with Gasteiger partial charge >= 0.3 is 0 Å². The van der Waals surface area contributed by atoms with Gasteiger partial charge in [0.2, 0.25) is 0 Å². The van der Waals surface area contributed by atoms with E-state index in [1.54, 1.807) is 0 Å². The molecule has 2 aromatic carbocycles. The quantitative estimate of drug-likeness (QED) is 0.708. The minimum atomic E-state index is -1.51. The van der Waals surface area contributed by atoms with Crippen LogP contribution in [0.2, 0.25) is 0 Å². The summed E-state index contributed by atoms with van der Waals surface area (Å²) in [6.07, 6.45) is 0. The van der Waals surface area contributed by atoms with Gasteiger partial charge in [0.1, 0.15) is 0 Å². The number of fused-ring (bicyclic) bond motifs is 3. The standard InChI is InChI=1S/C14H10BrN5O/c15-10-6-7-12-11(8-10)13-17-18-19-20(13)14(21,16-12)9-4-2-1-3-5-9/h1-8,16,21H. The number of hydrogen-bond donors (Lipinski definition) is 2. The third-order valence-corrected chi connectivity index (χ3v) is 3.98. The number of aliphatic hydroxyl groups is 1. The molecule has 6 nitrogen and oxygen atoms in total. The monoisotopic (exact) mass is 343 g/mol. The smallest absolute Gasteiger partial charge is 0.267 e. The van der Waals surface area contributed by atoms with Gasteiger partial charge in [-0.05, 0) is 28.6 Å². The molecule has 3 aromatic rings. The largest absolute Gasteiger partial charge is 0.349 e. The van der Waals surface area contributed by atoms with Crippen molar-refractivity contribution < 1.29 is 5.11 Å². The highest BCUT2D eigenvalue weighted by atomic mass is 79.9. The lowest BCUT2D eigenvalue weighted by atomic mass is 10.0. The van der Waals surface area contributed by atoms with E-state index in [1.807, 2.05) is 48.5 Å². The maximum atomic E-state index is 11.1. The number of nitrogens with zero attached hydrogens (tertiary/aromatic N) is 4. The molecule has 4 rings (SSSR count). The van der Waals surface area contributed by atoms with Crippen LogP contribution in [-0.2, 0) is 5.85 Å². The molecule has 0 fully saturated rings. The maximum Gasteiger partial charge on any atom is 0.267 e. The minimum Gasteiger partial charge on any atom is -0.349 e. The van der Waals surface area contributed by atoms with E-state index in [1.165, 1.54) is 4.68 Å². The summed E-state index contributed by atoms with van der Waals surface area (Å²) < 4.78 is 2.31. The molecular formula is C14H10BrN5O. The first-order chi connectivity index (χ1) is 10.2. The molecule has 7 heteroatoms. The van der Waals surface area contributed by atoms with Crippen molar-refractivity contribution in [1.82, 2.24) is 20.2 Å². The summed E-state index contributed by atoms with van der Waals surface area (Å²) in [5.41, 5.74) is 2.26. The van der Waals surface area contributed by atoms with E-state index in [0.717, 1.165) is 15.7 Å². The summed E-state index contributed by atoms with van der Waals surface area (Å²) in [7, 11) is 0. The molecule has 104 valence electrons. The number of benzene rings is 2. The van der Waals surface area contributed by atoms with E-state index in [-0.39, 0.29) is 0 Å². The molecule has 0 aliphatic carbocycles. The van der Waals surface area contributed by atoms with Crippen molar-refractivity contribution in [3.63, 3.8) is 0 Å². The van der Waals surface area contributed by atoms with E-state index in [9.17, 15) is 5.11 Å². The molecule has 21 heavy (non-hydrogen) atoms.